The van der Waals surface area contributed by atoms with E-state index in [-0.39, 0.29) is 6.61 Å². The van der Waals surface area contributed by atoms with Crippen molar-refractivity contribution < 1.29 is 28.8 Å². The van der Waals surface area contributed by atoms with Gasteiger partial charge in [-0.1, -0.05) is 24.3 Å². The van der Waals surface area contributed by atoms with Crippen LogP contribution < -0.4 is 18.9 Å². The molecule has 0 saturated heterocycles. The number of hydrogen-bond donors (Lipinski definition) is 1. The van der Waals surface area contributed by atoms with Gasteiger partial charge in [-0.15, -0.1) is 0 Å². The van der Waals surface area contributed by atoms with Crippen LogP contribution in [0.25, 0.3) is 0 Å². The maximum atomic E-state index is 9.57. The number of aliphatic hydroxyl groups is 1. The fourth-order valence-corrected chi connectivity index (χ4v) is 2.91. The molecule has 2 aromatic carbocycles. The molecule has 2 aromatic rings. The van der Waals surface area contributed by atoms with Gasteiger partial charge in [-0.3, -0.25) is 0 Å². The van der Waals surface area contributed by atoms with E-state index in [4.69, 9.17) is 23.7 Å². The first-order chi connectivity index (χ1) is 13.9. The average molecular weight is 388 g/mol. The molecule has 1 N–H and O–H groups in total. The SMILES string of the molecule is OCc1cccc2c1OCCOCCOc1ccccc1OCCCCCO2. The van der Waals surface area contributed by atoms with Crippen LogP contribution >= 0.6 is 0 Å². The third kappa shape index (κ3) is 6.04. The summed E-state index contributed by atoms with van der Waals surface area (Å²) in [7, 11) is 0. The molecule has 1 aliphatic heterocycles. The second kappa shape index (κ2) is 11.4. The van der Waals surface area contributed by atoms with Gasteiger partial charge in [0.2, 0.25) is 0 Å². The maximum Gasteiger partial charge on any atom is 0.166 e. The second-order valence-electron chi connectivity index (χ2n) is 6.42. The summed E-state index contributed by atoms with van der Waals surface area (Å²) in [5, 5.41) is 9.57. The van der Waals surface area contributed by atoms with Crippen LogP contribution in [0.5, 0.6) is 23.0 Å². The predicted octanol–water partition coefficient (Wildman–Crippen LogP) is 3.59. The Morgan fingerprint density at radius 1 is 0.607 bits per heavy atom. The smallest absolute Gasteiger partial charge is 0.166 e. The monoisotopic (exact) mass is 388 g/mol. The zero-order chi connectivity index (χ0) is 19.4. The van der Waals surface area contributed by atoms with E-state index in [0.29, 0.717) is 56.7 Å². The van der Waals surface area contributed by atoms with E-state index >= 15 is 0 Å². The number of rotatable bonds is 1. The lowest BCUT2D eigenvalue weighted by atomic mass is 10.2. The van der Waals surface area contributed by atoms with Crippen LogP contribution in [-0.4, -0.2) is 44.7 Å². The number of benzene rings is 2. The first-order valence-electron chi connectivity index (χ1n) is 9.79. The summed E-state index contributed by atoms with van der Waals surface area (Å²) in [5.41, 5.74) is 0.709. The van der Waals surface area contributed by atoms with Crippen molar-refractivity contribution in [1.82, 2.24) is 0 Å². The molecule has 1 heterocycles. The van der Waals surface area contributed by atoms with Gasteiger partial charge in [-0.05, 0) is 37.5 Å². The summed E-state index contributed by atoms with van der Waals surface area (Å²) < 4.78 is 29.0. The fraction of sp³-hybridized carbons (Fsp3) is 0.455. The highest BCUT2D eigenvalue weighted by Gasteiger charge is 2.11. The Kier molecular flexibility index (Phi) is 8.27. The van der Waals surface area contributed by atoms with Crippen molar-refractivity contribution in [1.29, 1.82) is 0 Å². The van der Waals surface area contributed by atoms with Crippen LogP contribution in [0.3, 0.4) is 0 Å². The minimum Gasteiger partial charge on any atom is -0.490 e. The Bertz CT molecular complexity index is 718. The number of hydrogen-bond acceptors (Lipinski definition) is 6. The Morgan fingerprint density at radius 2 is 1.21 bits per heavy atom. The lowest BCUT2D eigenvalue weighted by Crippen LogP contribution is -2.14. The lowest BCUT2D eigenvalue weighted by Gasteiger charge is -2.16. The molecule has 0 amide bonds. The molecule has 152 valence electrons. The van der Waals surface area contributed by atoms with Gasteiger partial charge in [0.25, 0.3) is 0 Å². The Morgan fingerprint density at radius 3 is 1.93 bits per heavy atom. The molecule has 28 heavy (non-hydrogen) atoms. The Balaban J connectivity index is 1.61. The van der Waals surface area contributed by atoms with Gasteiger partial charge in [0.05, 0.1) is 33.0 Å². The van der Waals surface area contributed by atoms with Gasteiger partial charge >= 0.3 is 0 Å². The molecular weight excluding hydrogens is 360 g/mol. The van der Waals surface area contributed by atoms with E-state index in [2.05, 4.69) is 0 Å². The summed E-state index contributed by atoms with van der Waals surface area (Å²) in [6.45, 7) is 2.78. The third-order valence-corrected chi connectivity index (χ3v) is 4.34. The molecule has 0 radical (unpaired) electrons. The second-order valence-corrected chi connectivity index (χ2v) is 6.42. The first-order valence-corrected chi connectivity index (χ1v) is 9.79. The van der Waals surface area contributed by atoms with E-state index in [1.807, 2.05) is 42.5 Å². The lowest BCUT2D eigenvalue weighted by molar-refractivity contribution is 0.0737. The van der Waals surface area contributed by atoms with Crippen molar-refractivity contribution >= 4 is 0 Å². The van der Waals surface area contributed by atoms with Crippen LogP contribution in [0.4, 0.5) is 0 Å². The summed E-state index contributed by atoms with van der Waals surface area (Å²) in [6, 6.07) is 13.2. The highest BCUT2D eigenvalue weighted by Crippen LogP contribution is 2.32. The molecule has 0 saturated carbocycles. The van der Waals surface area contributed by atoms with Gasteiger partial charge < -0.3 is 28.8 Å². The van der Waals surface area contributed by atoms with Gasteiger partial charge in [-0.2, -0.15) is 0 Å². The van der Waals surface area contributed by atoms with Crippen LogP contribution in [0.15, 0.2) is 42.5 Å². The fourth-order valence-electron chi connectivity index (χ4n) is 2.91. The highest BCUT2D eigenvalue weighted by atomic mass is 16.6. The van der Waals surface area contributed by atoms with Crippen LogP contribution in [0, 0.1) is 0 Å². The zero-order valence-corrected chi connectivity index (χ0v) is 16.1. The molecule has 0 spiro atoms. The maximum absolute atomic E-state index is 9.57. The van der Waals surface area contributed by atoms with E-state index in [9.17, 15) is 5.11 Å². The Hall–Kier alpha value is -2.44. The minimum atomic E-state index is -0.0992. The van der Waals surface area contributed by atoms with Crippen molar-refractivity contribution in [2.24, 2.45) is 0 Å². The summed E-state index contributed by atoms with van der Waals surface area (Å²) >= 11 is 0. The van der Waals surface area contributed by atoms with E-state index in [1.165, 1.54) is 0 Å². The highest BCUT2D eigenvalue weighted by molar-refractivity contribution is 5.46. The number of para-hydroxylation sites is 3. The molecule has 1 aliphatic rings. The van der Waals surface area contributed by atoms with E-state index < -0.39 is 0 Å². The van der Waals surface area contributed by atoms with Crippen LogP contribution in [0.1, 0.15) is 24.8 Å². The molecule has 0 aliphatic carbocycles. The van der Waals surface area contributed by atoms with Crippen molar-refractivity contribution in [3.63, 3.8) is 0 Å². The molecule has 0 atom stereocenters. The van der Waals surface area contributed by atoms with Gasteiger partial charge in [0.15, 0.2) is 23.0 Å². The molecule has 0 aromatic heterocycles. The minimum absolute atomic E-state index is 0.0992. The molecule has 6 heteroatoms. The predicted molar refractivity (Wildman–Crippen MR) is 105 cm³/mol. The molecule has 3 rings (SSSR count). The normalized spacial score (nSPS) is 16.6. The molecule has 0 bridgehead atoms. The topological polar surface area (TPSA) is 66.4 Å². The van der Waals surface area contributed by atoms with Gasteiger partial charge in [0.1, 0.15) is 13.2 Å². The van der Waals surface area contributed by atoms with Crippen molar-refractivity contribution in [3.05, 3.63) is 48.0 Å². The van der Waals surface area contributed by atoms with Crippen molar-refractivity contribution in [2.75, 3.05) is 39.6 Å². The standard InChI is InChI=1S/C22H28O6/c23-17-18-7-6-10-21-22(18)28-16-14-24-13-15-27-20-9-3-2-8-19(20)25-11-4-1-5-12-26-21/h2-3,6-10,23H,1,4-5,11-17H2. The van der Waals surface area contributed by atoms with Gasteiger partial charge in [-0.25, -0.2) is 0 Å². The van der Waals surface area contributed by atoms with Crippen LogP contribution in [-0.2, 0) is 11.3 Å². The third-order valence-electron chi connectivity index (χ3n) is 4.34. The van der Waals surface area contributed by atoms with Gasteiger partial charge in [0, 0.05) is 5.56 Å². The number of ether oxygens (including phenoxy) is 5. The largest absolute Gasteiger partial charge is 0.490 e. The van der Waals surface area contributed by atoms with Crippen molar-refractivity contribution in [2.45, 2.75) is 25.9 Å². The number of aliphatic hydroxyl groups excluding tert-OH is 1. The van der Waals surface area contributed by atoms with E-state index in [1.54, 1.807) is 0 Å². The van der Waals surface area contributed by atoms with Crippen LogP contribution in [0.2, 0.25) is 0 Å². The Labute approximate surface area is 165 Å². The molecular formula is C22H28O6. The number of fused-ring (bicyclic) bond motifs is 2. The summed E-state index contributed by atoms with van der Waals surface area (Å²) in [4.78, 5) is 0. The van der Waals surface area contributed by atoms with Crippen molar-refractivity contribution in [3.8, 4) is 23.0 Å². The quantitative estimate of drug-likeness (QED) is 0.805. The summed E-state index contributed by atoms with van der Waals surface area (Å²) in [5.74, 6) is 2.73. The molecule has 0 fully saturated rings. The molecule has 6 nitrogen and oxygen atoms in total. The zero-order valence-electron chi connectivity index (χ0n) is 16.1. The average Bonchev–Trinajstić information content (AvgIpc) is 2.73. The van der Waals surface area contributed by atoms with E-state index in [0.717, 1.165) is 30.8 Å². The molecule has 0 unspecified atom stereocenters. The first kappa shape index (κ1) is 20.3. The summed E-state index contributed by atoms with van der Waals surface area (Å²) in [6.07, 6.45) is 2.83.